The zero-order chi connectivity index (χ0) is 16.8. The Labute approximate surface area is 140 Å². The third-order valence-corrected chi connectivity index (χ3v) is 4.56. The lowest BCUT2D eigenvalue weighted by atomic mass is 9.81. The van der Waals surface area contributed by atoms with Crippen molar-refractivity contribution in [3.05, 3.63) is 58.2 Å². The van der Waals surface area contributed by atoms with E-state index in [9.17, 15) is 0 Å². The molecule has 0 amide bonds. The van der Waals surface area contributed by atoms with Crippen molar-refractivity contribution in [2.75, 3.05) is 7.11 Å². The minimum atomic E-state index is 0.0461. The van der Waals surface area contributed by atoms with Crippen molar-refractivity contribution in [1.82, 2.24) is 0 Å². The van der Waals surface area contributed by atoms with Gasteiger partial charge in [0.2, 0.25) is 0 Å². The van der Waals surface area contributed by atoms with Crippen molar-refractivity contribution in [2.24, 2.45) is 0 Å². The number of allylic oxidation sites excluding steroid dienone is 1. The Kier molecular flexibility index (Phi) is 3.83. The van der Waals surface area contributed by atoms with Gasteiger partial charge in [0, 0.05) is 11.1 Å². The zero-order valence-electron chi connectivity index (χ0n) is 15.1. The van der Waals surface area contributed by atoms with E-state index in [1.165, 1.54) is 38.9 Å². The van der Waals surface area contributed by atoms with E-state index in [0.717, 1.165) is 12.2 Å². The van der Waals surface area contributed by atoms with E-state index < -0.39 is 0 Å². The Morgan fingerprint density at radius 3 is 2.17 bits per heavy atom. The topological polar surface area (TPSA) is 9.23 Å². The second-order valence-electron chi connectivity index (χ2n) is 7.63. The van der Waals surface area contributed by atoms with Crippen molar-refractivity contribution >= 4 is 6.08 Å². The quantitative estimate of drug-likeness (QED) is 0.676. The van der Waals surface area contributed by atoms with E-state index in [1.807, 2.05) is 0 Å². The number of hydrogen-bond donors (Lipinski definition) is 0. The molecule has 3 rings (SSSR count). The fourth-order valence-corrected chi connectivity index (χ4v) is 3.59. The summed E-state index contributed by atoms with van der Waals surface area (Å²) in [6.45, 7) is 11.1. The molecule has 0 heterocycles. The number of ether oxygens (including phenoxy) is 1. The normalized spacial score (nSPS) is 13.3. The van der Waals surface area contributed by atoms with E-state index in [0.29, 0.717) is 0 Å². The molecule has 0 radical (unpaired) electrons. The van der Waals surface area contributed by atoms with Crippen LogP contribution in [-0.4, -0.2) is 7.11 Å². The monoisotopic (exact) mass is 306 g/mol. The first-order chi connectivity index (χ1) is 10.8. The average Bonchev–Trinajstić information content (AvgIpc) is 2.91. The van der Waals surface area contributed by atoms with Crippen molar-refractivity contribution in [2.45, 2.75) is 46.5 Å². The number of rotatable bonds is 2. The molecule has 0 N–H and O–H groups in total. The van der Waals surface area contributed by atoms with Crippen molar-refractivity contribution in [3.63, 3.8) is 0 Å². The Balaban J connectivity index is 2.37. The maximum absolute atomic E-state index is 5.93. The van der Waals surface area contributed by atoms with Gasteiger partial charge in [0.05, 0.1) is 7.11 Å². The van der Waals surface area contributed by atoms with Gasteiger partial charge >= 0.3 is 0 Å². The number of methoxy groups -OCH3 is 1. The van der Waals surface area contributed by atoms with Crippen LogP contribution in [0.4, 0.5) is 0 Å². The van der Waals surface area contributed by atoms with Gasteiger partial charge in [0.15, 0.2) is 0 Å². The molecule has 0 spiro atoms. The molecule has 2 aromatic carbocycles. The third kappa shape index (κ3) is 2.81. The standard InChI is InChI=1S/C22H26O/c1-14-10-15(2)12-17(11-14)20-18-9-7-8-16(18)13-19(21(20)23-6)22(3,4)5/h7-8,10-13H,9H2,1-6H3. The van der Waals surface area contributed by atoms with Crippen molar-refractivity contribution < 1.29 is 4.74 Å². The minimum absolute atomic E-state index is 0.0461. The van der Waals surface area contributed by atoms with Gasteiger partial charge in [-0.15, -0.1) is 0 Å². The van der Waals surface area contributed by atoms with E-state index >= 15 is 0 Å². The van der Waals surface area contributed by atoms with Crippen LogP contribution in [0.3, 0.4) is 0 Å². The Hall–Kier alpha value is -2.02. The predicted octanol–water partition coefficient (Wildman–Crippen LogP) is 5.85. The van der Waals surface area contributed by atoms with Crippen LogP contribution < -0.4 is 4.74 Å². The van der Waals surface area contributed by atoms with Crippen LogP contribution in [0.15, 0.2) is 30.3 Å². The summed E-state index contributed by atoms with van der Waals surface area (Å²) in [7, 11) is 1.80. The molecule has 0 atom stereocenters. The zero-order valence-corrected chi connectivity index (χ0v) is 15.1. The number of benzene rings is 2. The molecule has 0 aliphatic heterocycles. The second-order valence-corrected chi connectivity index (χ2v) is 7.63. The Morgan fingerprint density at radius 1 is 0.957 bits per heavy atom. The van der Waals surface area contributed by atoms with Crippen molar-refractivity contribution in [3.8, 4) is 16.9 Å². The van der Waals surface area contributed by atoms with Crippen LogP contribution in [0.5, 0.6) is 5.75 Å². The first kappa shape index (κ1) is 15.9. The van der Waals surface area contributed by atoms with E-state index in [-0.39, 0.29) is 5.41 Å². The predicted molar refractivity (Wildman–Crippen MR) is 99.3 cm³/mol. The van der Waals surface area contributed by atoms with Crippen LogP contribution in [0, 0.1) is 13.8 Å². The lowest BCUT2D eigenvalue weighted by Gasteiger charge is -2.26. The summed E-state index contributed by atoms with van der Waals surface area (Å²) >= 11 is 0. The molecule has 120 valence electrons. The molecule has 1 nitrogen and oxygen atoms in total. The van der Waals surface area contributed by atoms with Crippen LogP contribution in [0.1, 0.15) is 48.6 Å². The van der Waals surface area contributed by atoms with Gasteiger partial charge in [-0.25, -0.2) is 0 Å². The van der Waals surface area contributed by atoms with Crippen LogP contribution >= 0.6 is 0 Å². The van der Waals surface area contributed by atoms with Crippen molar-refractivity contribution in [1.29, 1.82) is 0 Å². The van der Waals surface area contributed by atoms with Crippen LogP contribution in [0.2, 0.25) is 0 Å². The van der Waals surface area contributed by atoms with Gasteiger partial charge in [-0.2, -0.15) is 0 Å². The first-order valence-electron chi connectivity index (χ1n) is 8.31. The Morgan fingerprint density at radius 2 is 1.61 bits per heavy atom. The van der Waals surface area contributed by atoms with E-state index in [4.69, 9.17) is 4.74 Å². The summed E-state index contributed by atoms with van der Waals surface area (Å²) < 4.78 is 5.93. The lowest BCUT2D eigenvalue weighted by molar-refractivity contribution is 0.399. The van der Waals surface area contributed by atoms with Gasteiger partial charge in [0.25, 0.3) is 0 Å². The third-order valence-electron chi connectivity index (χ3n) is 4.56. The molecular formula is C22H26O. The maximum Gasteiger partial charge on any atom is 0.130 e. The molecule has 0 bridgehead atoms. The summed E-state index contributed by atoms with van der Waals surface area (Å²) in [5.41, 5.74) is 9.18. The summed E-state index contributed by atoms with van der Waals surface area (Å²) in [6.07, 6.45) is 5.48. The molecule has 0 saturated heterocycles. The highest BCUT2D eigenvalue weighted by molar-refractivity contribution is 5.83. The Bertz CT molecular complexity index is 768. The second kappa shape index (κ2) is 5.56. The molecule has 1 aliphatic carbocycles. The summed E-state index contributed by atoms with van der Waals surface area (Å²) in [4.78, 5) is 0. The molecule has 23 heavy (non-hydrogen) atoms. The van der Waals surface area contributed by atoms with Gasteiger partial charge in [-0.1, -0.05) is 62.2 Å². The largest absolute Gasteiger partial charge is 0.496 e. The molecule has 1 heteroatoms. The lowest BCUT2D eigenvalue weighted by Crippen LogP contribution is -2.14. The molecule has 0 aromatic heterocycles. The minimum Gasteiger partial charge on any atom is -0.496 e. The van der Waals surface area contributed by atoms with E-state index in [2.05, 4.69) is 71.0 Å². The first-order valence-corrected chi connectivity index (χ1v) is 8.31. The van der Waals surface area contributed by atoms with E-state index in [1.54, 1.807) is 7.11 Å². The number of aryl methyl sites for hydroxylation is 2. The fourth-order valence-electron chi connectivity index (χ4n) is 3.59. The molecule has 1 aliphatic rings. The molecule has 0 fully saturated rings. The molecule has 0 saturated carbocycles. The van der Waals surface area contributed by atoms with Crippen LogP contribution in [-0.2, 0) is 11.8 Å². The molecule has 0 unspecified atom stereocenters. The highest BCUT2D eigenvalue weighted by Gasteiger charge is 2.26. The maximum atomic E-state index is 5.93. The SMILES string of the molecule is COc1c(C(C)(C)C)cc2c(c1-c1cc(C)cc(C)c1)CC=C2. The number of hydrogen-bond acceptors (Lipinski definition) is 1. The molecule has 2 aromatic rings. The van der Waals surface area contributed by atoms with Gasteiger partial charge in [-0.3, -0.25) is 0 Å². The summed E-state index contributed by atoms with van der Waals surface area (Å²) in [5, 5.41) is 0. The smallest absolute Gasteiger partial charge is 0.130 e. The highest BCUT2D eigenvalue weighted by Crippen LogP contribution is 2.45. The summed E-state index contributed by atoms with van der Waals surface area (Å²) in [5.74, 6) is 1.03. The fraction of sp³-hybridized carbons (Fsp3) is 0.364. The highest BCUT2D eigenvalue weighted by atomic mass is 16.5. The van der Waals surface area contributed by atoms with Crippen LogP contribution in [0.25, 0.3) is 17.2 Å². The van der Waals surface area contributed by atoms with Gasteiger partial charge in [-0.05, 0) is 48.4 Å². The van der Waals surface area contributed by atoms with Gasteiger partial charge < -0.3 is 4.74 Å². The summed E-state index contributed by atoms with van der Waals surface area (Å²) in [6, 6.07) is 9.08. The average molecular weight is 306 g/mol. The van der Waals surface area contributed by atoms with Gasteiger partial charge in [0.1, 0.15) is 5.75 Å². The number of fused-ring (bicyclic) bond motifs is 1. The molecular weight excluding hydrogens is 280 g/mol.